The Morgan fingerprint density at radius 2 is 0.821 bits per heavy atom. The van der Waals surface area contributed by atoms with Crippen LogP contribution >= 0.6 is 7.82 Å². The Kier molecular flexibility index (Phi) is 49.5. The van der Waals surface area contributed by atoms with E-state index in [9.17, 15) is 19.0 Å². The third-order valence-corrected chi connectivity index (χ3v) is 11.6. The number of phosphoric acid groups is 1. The predicted molar refractivity (Wildman–Crippen MR) is 284 cm³/mol. The number of ether oxygens (including phenoxy) is 2. The molecule has 0 fully saturated rings. The van der Waals surface area contributed by atoms with Crippen LogP contribution in [0.2, 0.25) is 0 Å². The summed E-state index contributed by atoms with van der Waals surface area (Å²) in [7, 11) is -4.40. The van der Waals surface area contributed by atoms with Gasteiger partial charge in [0.05, 0.1) is 13.2 Å². The molecule has 0 radical (unpaired) electrons. The number of hydrogen-bond donors (Lipinski definition) is 2. The van der Waals surface area contributed by atoms with Crippen LogP contribution in [-0.2, 0) is 32.7 Å². The van der Waals surface area contributed by atoms with Crippen molar-refractivity contribution in [1.82, 2.24) is 0 Å². The monoisotopic (exact) mass is 954 g/mol. The molecule has 0 saturated heterocycles. The molecule has 0 aliphatic rings. The second kappa shape index (κ2) is 52.0. The minimum atomic E-state index is -4.40. The maximum absolute atomic E-state index is 12.7. The van der Waals surface area contributed by atoms with Crippen LogP contribution in [0.1, 0.15) is 206 Å². The Labute approximate surface area is 409 Å². The van der Waals surface area contributed by atoms with Crippen molar-refractivity contribution in [2.75, 3.05) is 26.4 Å². The van der Waals surface area contributed by atoms with Crippen molar-refractivity contribution < 1.29 is 37.6 Å². The summed E-state index contributed by atoms with van der Waals surface area (Å²) in [6.07, 6.45) is 69.8. The van der Waals surface area contributed by atoms with Crippen molar-refractivity contribution in [3.05, 3.63) is 109 Å². The number of phosphoric ester groups is 1. The zero-order valence-corrected chi connectivity index (χ0v) is 43.2. The lowest BCUT2D eigenvalue weighted by Crippen LogP contribution is -2.29. The van der Waals surface area contributed by atoms with Crippen molar-refractivity contribution in [2.45, 2.75) is 213 Å². The lowest BCUT2D eigenvalue weighted by atomic mass is 10.1. The highest BCUT2D eigenvalue weighted by Gasteiger charge is 2.26. The molecule has 67 heavy (non-hydrogen) atoms. The average molecular weight is 954 g/mol. The molecule has 382 valence electrons. The van der Waals surface area contributed by atoms with Gasteiger partial charge in [0.1, 0.15) is 6.61 Å². The molecule has 0 aromatic heterocycles. The molecule has 0 spiro atoms. The molecule has 0 heterocycles. The summed E-state index contributed by atoms with van der Waals surface area (Å²) in [5.74, 6) is -0.873. The third-order valence-electron chi connectivity index (χ3n) is 10.6. The van der Waals surface area contributed by atoms with E-state index >= 15 is 0 Å². The van der Waals surface area contributed by atoms with Gasteiger partial charge in [0.25, 0.3) is 0 Å². The molecule has 0 bridgehead atoms. The summed E-state index contributed by atoms with van der Waals surface area (Å²) in [6, 6.07) is 0. The van der Waals surface area contributed by atoms with E-state index in [1.54, 1.807) is 0 Å². The van der Waals surface area contributed by atoms with Gasteiger partial charge in [-0.3, -0.25) is 18.6 Å². The number of esters is 2. The maximum atomic E-state index is 12.7. The predicted octanol–water partition coefficient (Wildman–Crippen LogP) is 16.3. The van der Waals surface area contributed by atoms with Crippen LogP contribution in [0, 0.1) is 0 Å². The van der Waals surface area contributed by atoms with Gasteiger partial charge in [-0.15, -0.1) is 0 Å². The molecular formula is C57H96NO8P. The fraction of sp³-hybridized carbons (Fsp3) is 0.649. The van der Waals surface area contributed by atoms with Crippen molar-refractivity contribution in [1.29, 1.82) is 0 Å². The molecule has 0 aliphatic heterocycles. The Morgan fingerprint density at radius 3 is 1.22 bits per heavy atom. The lowest BCUT2D eigenvalue weighted by Gasteiger charge is -2.19. The number of allylic oxidation sites excluding steroid dienone is 18. The molecule has 0 amide bonds. The molecule has 9 nitrogen and oxygen atoms in total. The molecule has 0 rings (SSSR count). The van der Waals surface area contributed by atoms with Gasteiger partial charge in [0, 0.05) is 19.4 Å². The average Bonchev–Trinajstić information content (AvgIpc) is 3.32. The first kappa shape index (κ1) is 63.7. The maximum Gasteiger partial charge on any atom is 0.472 e. The number of hydrogen-bond acceptors (Lipinski definition) is 8. The zero-order chi connectivity index (χ0) is 48.8. The Hall–Kier alpha value is -3.33. The number of nitrogens with two attached hydrogens (primary N) is 1. The zero-order valence-electron chi connectivity index (χ0n) is 42.3. The minimum Gasteiger partial charge on any atom is -0.462 e. The van der Waals surface area contributed by atoms with Crippen LogP contribution < -0.4 is 5.73 Å². The quantitative estimate of drug-likeness (QED) is 0.0264. The highest BCUT2D eigenvalue weighted by molar-refractivity contribution is 7.47. The second-order valence-electron chi connectivity index (χ2n) is 17.0. The number of carbonyl (C=O) groups is 2. The minimum absolute atomic E-state index is 0.0414. The summed E-state index contributed by atoms with van der Waals surface area (Å²) in [4.78, 5) is 35.1. The van der Waals surface area contributed by atoms with Crippen molar-refractivity contribution in [3.8, 4) is 0 Å². The highest BCUT2D eigenvalue weighted by atomic mass is 31.2. The van der Waals surface area contributed by atoms with E-state index in [1.165, 1.54) is 64.2 Å². The number of unbranched alkanes of at least 4 members (excludes halogenated alkanes) is 17. The summed E-state index contributed by atoms with van der Waals surface area (Å²) in [5, 5.41) is 0. The van der Waals surface area contributed by atoms with Crippen molar-refractivity contribution >= 4 is 19.8 Å². The van der Waals surface area contributed by atoms with Crippen LogP contribution in [-0.4, -0.2) is 49.3 Å². The van der Waals surface area contributed by atoms with Crippen LogP contribution in [0.15, 0.2) is 109 Å². The number of carbonyl (C=O) groups excluding carboxylic acids is 2. The fourth-order valence-electron chi connectivity index (χ4n) is 6.76. The molecule has 0 aromatic rings. The Balaban J connectivity index is 4.15. The van der Waals surface area contributed by atoms with Crippen LogP contribution in [0.5, 0.6) is 0 Å². The van der Waals surface area contributed by atoms with E-state index in [0.29, 0.717) is 12.8 Å². The summed E-state index contributed by atoms with van der Waals surface area (Å²) in [6.45, 7) is 3.56. The smallest absolute Gasteiger partial charge is 0.462 e. The molecule has 3 N–H and O–H groups in total. The molecular weight excluding hydrogens is 858 g/mol. The van der Waals surface area contributed by atoms with Gasteiger partial charge >= 0.3 is 19.8 Å². The summed E-state index contributed by atoms with van der Waals surface area (Å²) in [5.41, 5.74) is 5.37. The molecule has 0 aliphatic carbocycles. The van der Waals surface area contributed by atoms with Gasteiger partial charge in [0.15, 0.2) is 6.10 Å². The van der Waals surface area contributed by atoms with E-state index in [-0.39, 0.29) is 32.6 Å². The van der Waals surface area contributed by atoms with E-state index in [0.717, 1.165) is 103 Å². The largest absolute Gasteiger partial charge is 0.472 e. The van der Waals surface area contributed by atoms with Crippen molar-refractivity contribution in [2.24, 2.45) is 5.73 Å². The van der Waals surface area contributed by atoms with Gasteiger partial charge in [-0.05, 0) is 103 Å². The molecule has 0 saturated carbocycles. The van der Waals surface area contributed by atoms with Crippen LogP contribution in [0.4, 0.5) is 0 Å². The fourth-order valence-corrected chi connectivity index (χ4v) is 7.53. The Bertz CT molecular complexity index is 1460. The summed E-state index contributed by atoms with van der Waals surface area (Å²) >= 11 is 0. The van der Waals surface area contributed by atoms with Crippen molar-refractivity contribution in [3.63, 3.8) is 0 Å². The van der Waals surface area contributed by atoms with E-state index in [4.69, 9.17) is 24.3 Å². The lowest BCUT2D eigenvalue weighted by molar-refractivity contribution is -0.161. The van der Waals surface area contributed by atoms with Crippen LogP contribution in [0.3, 0.4) is 0 Å². The summed E-state index contributed by atoms with van der Waals surface area (Å²) < 4.78 is 32.9. The molecule has 2 atom stereocenters. The standard InChI is InChI=1S/C57H96NO8P/c1-3-5-7-9-11-13-15-17-19-21-23-25-27-29-31-33-35-37-39-41-43-45-47-49-56(59)63-53-55(54-65-67(61,62)64-52-51-58)66-57(60)50-48-46-44-42-40-38-36-34-32-30-28-26-24-22-20-18-16-14-12-10-8-6-4-2/h6,8,12,14-15,17-18,20-21,23-24,26-27,29-30,32,36,38,55H,3-5,7,9-11,13,16,19,22,25,28,31,33-35,37,39-54,58H2,1-2H3,(H,61,62)/b8-6-,14-12-,17-15-,20-18-,23-21-,26-24-,29-27-,32-30-,38-36-. The molecule has 10 heteroatoms. The van der Waals surface area contributed by atoms with E-state index < -0.39 is 32.5 Å². The third kappa shape index (κ3) is 51.9. The molecule has 2 unspecified atom stereocenters. The van der Waals surface area contributed by atoms with E-state index in [2.05, 4.69) is 123 Å². The van der Waals surface area contributed by atoms with E-state index in [1.807, 2.05) is 0 Å². The first-order valence-corrected chi connectivity index (χ1v) is 27.9. The van der Waals surface area contributed by atoms with Crippen LogP contribution in [0.25, 0.3) is 0 Å². The normalized spacial score (nSPS) is 14.0. The Morgan fingerprint density at radius 1 is 0.463 bits per heavy atom. The first-order chi connectivity index (χ1) is 32.8. The topological polar surface area (TPSA) is 134 Å². The second-order valence-corrected chi connectivity index (χ2v) is 18.5. The SMILES string of the molecule is CC/C=C\C/C=C\C/C=C\C/C=C\C/C=C\C/C=C\CCCCCCC(=O)OC(COC(=O)CCCCCCCCCC/C=C\C/C=C\C/C=C\CCCCCCC)COP(=O)(O)OCCN. The first-order valence-electron chi connectivity index (χ1n) is 26.4. The van der Waals surface area contributed by atoms with Gasteiger partial charge in [0.2, 0.25) is 0 Å². The van der Waals surface area contributed by atoms with Gasteiger partial charge < -0.3 is 20.1 Å². The molecule has 0 aromatic carbocycles. The van der Waals surface area contributed by atoms with Gasteiger partial charge in [-0.25, -0.2) is 4.57 Å². The number of rotatable bonds is 48. The van der Waals surface area contributed by atoms with Gasteiger partial charge in [-0.2, -0.15) is 0 Å². The highest BCUT2D eigenvalue weighted by Crippen LogP contribution is 2.43. The van der Waals surface area contributed by atoms with Gasteiger partial charge in [-0.1, -0.05) is 200 Å².